The number of aliphatic hydroxyl groups is 1. The summed E-state index contributed by atoms with van der Waals surface area (Å²) in [5.41, 5.74) is 6.02. The average molecular weight is 676 g/mol. The van der Waals surface area contributed by atoms with Crippen molar-refractivity contribution in [2.75, 3.05) is 0 Å². The molecule has 4 aliphatic carbocycles. The van der Waals surface area contributed by atoms with Crippen LogP contribution in [-0.4, -0.2) is 50.2 Å². The van der Waals surface area contributed by atoms with Gasteiger partial charge in [-0.2, -0.15) is 0 Å². The fourth-order valence-electron chi connectivity index (χ4n) is 8.63. The third kappa shape index (κ3) is 4.81. The van der Waals surface area contributed by atoms with Crippen LogP contribution in [0, 0.1) is 17.3 Å². The predicted octanol–water partition coefficient (Wildman–Crippen LogP) is 5.88. The quantitative estimate of drug-likeness (QED) is 0.297. The van der Waals surface area contributed by atoms with Gasteiger partial charge in [0.05, 0.1) is 0 Å². The van der Waals surface area contributed by atoms with Gasteiger partial charge in [0.25, 0.3) is 0 Å². The zero-order chi connectivity index (χ0) is 31.7. The van der Waals surface area contributed by atoms with Gasteiger partial charge >= 0.3 is 260 Å². The third-order valence-corrected chi connectivity index (χ3v) is 13.8. The molecule has 0 aromatic heterocycles. The maximum atomic E-state index is 15.2. The van der Waals surface area contributed by atoms with Crippen molar-refractivity contribution in [3.63, 3.8) is 0 Å². The molecule has 10 heteroatoms. The molecule has 2 saturated carbocycles. The number of alkyl halides is 5. The van der Waals surface area contributed by atoms with Crippen molar-refractivity contribution in [2.45, 2.75) is 80.7 Å². The Labute approximate surface area is 259 Å². The predicted molar refractivity (Wildman–Crippen MR) is 158 cm³/mol. The number of primary amides is 1. The van der Waals surface area contributed by atoms with E-state index in [4.69, 9.17) is 5.73 Å². The summed E-state index contributed by atoms with van der Waals surface area (Å²) in [5.74, 6) is -6.94. The zero-order valence-corrected chi connectivity index (χ0v) is 26.4. The number of ketones is 1. The molecule has 6 atom stereocenters. The number of allylic oxidation sites excluding steroid dienone is 4. The minimum atomic E-state index is -5.88. The van der Waals surface area contributed by atoms with Crippen LogP contribution in [0.5, 0.6) is 0 Å². The van der Waals surface area contributed by atoms with E-state index in [0.29, 0.717) is 31.2 Å². The van der Waals surface area contributed by atoms with Gasteiger partial charge in [-0.15, -0.1) is 0 Å². The molecule has 2 aromatic rings. The molecule has 0 spiro atoms. The average Bonchev–Trinajstić information content (AvgIpc) is 3.26. The van der Waals surface area contributed by atoms with Crippen LogP contribution in [0.2, 0.25) is 0 Å². The van der Waals surface area contributed by atoms with Gasteiger partial charge in [-0.1, -0.05) is 0 Å². The molecule has 0 heterocycles. The van der Waals surface area contributed by atoms with Gasteiger partial charge in [-0.25, -0.2) is 0 Å². The van der Waals surface area contributed by atoms with Crippen molar-refractivity contribution in [3.05, 3.63) is 88.0 Å². The van der Waals surface area contributed by atoms with Gasteiger partial charge in [-0.3, -0.25) is 0 Å². The zero-order valence-electron chi connectivity index (χ0n) is 24.3. The van der Waals surface area contributed by atoms with Crippen LogP contribution in [0.1, 0.15) is 79.3 Å². The summed E-state index contributed by atoms with van der Waals surface area (Å²) >= 11 is -0.746. The van der Waals surface area contributed by atoms with E-state index in [9.17, 15) is 27.9 Å². The van der Waals surface area contributed by atoms with Crippen LogP contribution in [-0.2, 0) is 10.0 Å². The van der Waals surface area contributed by atoms with Gasteiger partial charge in [-0.05, 0) is 0 Å². The summed E-state index contributed by atoms with van der Waals surface area (Å²) in [4.78, 5) is 24.1. The molecule has 0 aliphatic heterocycles. The van der Waals surface area contributed by atoms with Gasteiger partial charge in [0.15, 0.2) is 0 Å². The normalized spacial score (nSPS) is 30.7. The number of halogens is 5. The minimum absolute atomic E-state index is 0.0460. The third-order valence-electron chi connectivity index (χ3n) is 10.8. The van der Waals surface area contributed by atoms with Crippen molar-refractivity contribution in [3.8, 4) is 0 Å². The SMILES string of the molecule is C[C@]12C[C@H](c3ccc(C[AsH]c4ccccc4C(N)=O)cc3)C3=C4CCC(=O)C=C4CCC3C1CC[C@]2(O)C(F)(F)C(F)(F)F. The van der Waals surface area contributed by atoms with Crippen molar-refractivity contribution < 1.29 is 36.6 Å². The number of fused-ring (bicyclic) bond motifs is 4. The number of hydrogen-bond donors (Lipinski definition) is 2. The molecule has 2 fully saturated rings. The van der Waals surface area contributed by atoms with Crippen LogP contribution < -0.4 is 10.1 Å². The number of rotatable bonds is 6. The number of hydrogen-bond acceptors (Lipinski definition) is 3. The van der Waals surface area contributed by atoms with Gasteiger partial charge in [0, 0.05) is 0 Å². The van der Waals surface area contributed by atoms with Gasteiger partial charge < -0.3 is 0 Å². The van der Waals surface area contributed by atoms with E-state index in [-0.39, 0.29) is 24.5 Å². The fourth-order valence-corrected chi connectivity index (χ4v) is 11.2. The molecule has 234 valence electrons. The molecule has 0 saturated heterocycles. The van der Waals surface area contributed by atoms with E-state index < -0.39 is 63.0 Å². The second-order valence-corrected chi connectivity index (χ2v) is 15.6. The number of carbonyl (C=O) groups excluding carboxylic acids is 2. The molecule has 4 aliphatic rings. The van der Waals surface area contributed by atoms with Crippen molar-refractivity contribution in [2.24, 2.45) is 23.0 Å². The molecular weight excluding hydrogens is 640 g/mol. The number of benzene rings is 2. The first-order chi connectivity index (χ1) is 20.7. The molecular formula is C34H35AsF5NO3. The molecule has 1 amide bonds. The van der Waals surface area contributed by atoms with E-state index in [1.54, 1.807) is 18.2 Å². The molecule has 4 nitrogen and oxygen atoms in total. The number of carbonyl (C=O) groups is 2. The van der Waals surface area contributed by atoms with Crippen LogP contribution >= 0.6 is 0 Å². The Morgan fingerprint density at radius 1 is 1.02 bits per heavy atom. The van der Waals surface area contributed by atoms with E-state index >= 15 is 8.78 Å². The van der Waals surface area contributed by atoms with Gasteiger partial charge in [0.2, 0.25) is 0 Å². The Bertz CT molecular complexity index is 1570. The standard InChI is InChI=1S/C34H35AsF5NO3/c1-31-17-26(20-8-6-19(7-9-20)18-35-28-5-3-2-4-25(28)30(41)43)29-23-13-11-22(42)16-21(23)10-12-24(29)27(31)14-15-32(31,44)33(36,37)34(38,39)40/h2-9,16,24,26-27,35,44H,10-15,17-18H2,1H3,(H2,41,43)/t24?,26-,27?,31+,32-/m1/s1. The van der Waals surface area contributed by atoms with E-state index in [2.05, 4.69) is 0 Å². The Morgan fingerprint density at radius 2 is 1.73 bits per heavy atom. The molecule has 2 aromatic carbocycles. The first kappa shape index (κ1) is 31.2. The van der Waals surface area contributed by atoms with E-state index in [0.717, 1.165) is 37.4 Å². The molecule has 6 rings (SSSR count). The molecule has 0 radical (unpaired) electrons. The van der Waals surface area contributed by atoms with Crippen LogP contribution in [0.15, 0.2) is 71.3 Å². The van der Waals surface area contributed by atoms with Crippen molar-refractivity contribution in [1.82, 2.24) is 0 Å². The topological polar surface area (TPSA) is 80.4 Å². The summed E-state index contributed by atoms with van der Waals surface area (Å²) in [6.07, 6.45) is -2.80. The number of nitrogens with two attached hydrogens (primary N) is 1. The second-order valence-electron chi connectivity index (χ2n) is 13.0. The second kappa shape index (κ2) is 10.9. The van der Waals surface area contributed by atoms with Crippen LogP contribution in [0.3, 0.4) is 0 Å². The molecule has 3 N–H and O–H groups in total. The first-order valence-corrected chi connectivity index (χ1v) is 17.6. The van der Waals surface area contributed by atoms with Crippen molar-refractivity contribution >= 4 is 31.8 Å². The molecule has 3 unspecified atom stereocenters. The van der Waals surface area contributed by atoms with Gasteiger partial charge in [0.1, 0.15) is 0 Å². The molecule has 44 heavy (non-hydrogen) atoms. The maximum absolute atomic E-state index is 15.2. The summed E-state index contributed by atoms with van der Waals surface area (Å²) < 4.78 is 72.7. The van der Waals surface area contributed by atoms with E-state index in [1.807, 2.05) is 36.4 Å². The fraction of sp³-hybridized carbons (Fsp3) is 0.471. The Hall–Kier alpha value is -2.77. The molecule has 0 bridgehead atoms. The first-order valence-electron chi connectivity index (χ1n) is 15.0. The monoisotopic (exact) mass is 675 g/mol. The van der Waals surface area contributed by atoms with Crippen LogP contribution in [0.25, 0.3) is 0 Å². The summed E-state index contributed by atoms with van der Waals surface area (Å²) in [6, 6.07) is 15.0. The summed E-state index contributed by atoms with van der Waals surface area (Å²) in [5, 5.41) is 12.2. The summed E-state index contributed by atoms with van der Waals surface area (Å²) in [6.45, 7) is 1.43. The summed E-state index contributed by atoms with van der Waals surface area (Å²) in [7, 11) is 0. The Balaban J connectivity index is 1.38. The van der Waals surface area contributed by atoms with E-state index in [1.165, 1.54) is 6.92 Å². The van der Waals surface area contributed by atoms with Crippen molar-refractivity contribution in [1.29, 1.82) is 0 Å². The number of amides is 1. The Morgan fingerprint density at radius 3 is 2.41 bits per heavy atom. The van der Waals surface area contributed by atoms with Crippen LogP contribution in [0.4, 0.5) is 22.0 Å². The Kier molecular flexibility index (Phi) is 7.76.